The van der Waals surface area contributed by atoms with Crippen molar-refractivity contribution in [2.75, 3.05) is 82.4 Å². The van der Waals surface area contributed by atoms with Crippen LogP contribution in [0.1, 0.15) is 0 Å². The predicted octanol–water partition coefficient (Wildman–Crippen LogP) is 2.55. The number of benzene rings is 2. The van der Waals surface area contributed by atoms with Crippen molar-refractivity contribution in [1.82, 2.24) is 0 Å². The molecule has 0 spiro atoms. The molecule has 2 aromatic carbocycles. The maximum absolute atomic E-state index is 10.8. The molecule has 0 bridgehead atoms. The van der Waals surface area contributed by atoms with Crippen molar-refractivity contribution in [3.63, 3.8) is 0 Å². The Hall–Kier alpha value is -3.24. The highest BCUT2D eigenvalue weighted by atomic mass is 16.6. The Kier molecular flexibility index (Phi) is 8.34. The van der Waals surface area contributed by atoms with Crippen molar-refractivity contribution < 1.29 is 23.9 Å². The first-order chi connectivity index (χ1) is 15.5. The van der Waals surface area contributed by atoms with Gasteiger partial charge in [0.05, 0.1) is 51.3 Å². The van der Waals surface area contributed by atoms with Gasteiger partial charge >= 0.3 is 5.69 Å². The third kappa shape index (κ3) is 5.92. The monoisotopic (exact) mass is 446 g/mol. The van der Waals surface area contributed by atoms with Crippen molar-refractivity contribution in [1.29, 1.82) is 0 Å². The van der Waals surface area contributed by atoms with E-state index in [4.69, 9.17) is 24.7 Å². The second kappa shape index (κ2) is 11.4. The van der Waals surface area contributed by atoms with E-state index < -0.39 is 4.92 Å². The van der Waals surface area contributed by atoms with Crippen LogP contribution in [0.3, 0.4) is 0 Å². The van der Waals surface area contributed by atoms with Gasteiger partial charge < -0.3 is 34.5 Å². The summed E-state index contributed by atoms with van der Waals surface area (Å²) in [6, 6.07) is 10.8. The first kappa shape index (κ1) is 23.4. The Balaban J connectivity index is 0.000000182. The standard InChI is InChI=1S/C11H14N2O4.C11H16N2O2/c1-16-11-8-9(2-3-10(11)13(14)15)12-4-6-17-7-5-12;1-14-11-8-9(2-3-10(11)12)13-4-6-15-7-5-13/h2-3,8H,4-7H2,1H3;2-3,8H,4-7,12H2,1H3. The number of ether oxygens (including phenoxy) is 4. The third-order valence-electron chi connectivity index (χ3n) is 5.33. The summed E-state index contributed by atoms with van der Waals surface area (Å²) in [5.74, 6) is 1.03. The van der Waals surface area contributed by atoms with Gasteiger partial charge in [0.1, 0.15) is 5.75 Å². The number of morpholine rings is 2. The quantitative estimate of drug-likeness (QED) is 0.420. The van der Waals surface area contributed by atoms with Crippen LogP contribution in [0.15, 0.2) is 36.4 Å². The van der Waals surface area contributed by atoms with Gasteiger partial charge in [0.15, 0.2) is 5.75 Å². The Morgan fingerprint density at radius 3 is 1.78 bits per heavy atom. The summed E-state index contributed by atoms with van der Waals surface area (Å²) < 4.78 is 20.8. The summed E-state index contributed by atoms with van der Waals surface area (Å²) in [5, 5.41) is 10.8. The highest BCUT2D eigenvalue weighted by Gasteiger charge is 2.18. The van der Waals surface area contributed by atoms with E-state index in [0.29, 0.717) is 24.7 Å². The lowest BCUT2D eigenvalue weighted by molar-refractivity contribution is -0.385. The predicted molar refractivity (Wildman–Crippen MR) is 123 cm³/mol. The lowest BCUT2D eigenvalue weighted by Crippen LogP contribution is -2.36. The molecule has 2 aliphatic heterocycles. The first-order valence-electron chi connectivity index (χ1n) is 10.4. The van der Waals surface area contributed by atoms with Crippen LogP contribution in [0.5, 0.6) is 11.5 Å². The van der Waals surface area contributed by atoms with E-state index in [0.717, 1.165) is 56.5 Å². The van der Waals surface area contributed by atoms with Crippen LogP contribution in [-0.2, 0) is 9.47 Å². The smallest absolute Gasteiger partial charge is 0.311 e. The minimum atomic E-state index is -0.443. The van der Waals surface area contributed by atoms with Gasteiger partial charge in [-0.1, -0.05) is 0 Å². The molecule has 2 N–H and O–H groups in total. The van der Waals surface area contributed by atoms with Gasteiger partial charge in [0.2, 0.25) is 0 Å². The van der Waals surface area contributed by atoms with Crippen LogP contribution in [0, 0.1) is 10.1 Å². The van der Waals surface area contributed by atoms with Gasteiger partial charge in [-0.05, 0) is 18.2 Å². The Bertz CT molecular complexity index is 898. The molecule has 10 heteroatoms. The normalized spacial score (nSPS) is 16.1. The third-order valence-corrected chi connectivity index (χ3v) is 5.33. The zero-order valence-corrected chi connectivity index (χ0v) is 18.5. The molecule has 2 aliphatic rings. The van der Waals surface area contributed by atoms with E-state index in [9.17, 15) is 10.1 Å². The second-order valence-corrected chi connectivity index (χ2v) is 7.24. The number of rotatable bonds is 5. The molecule has 32 heavy (non-hydrogen) atoms. The number of nitrogens with two attached hydrogens (primary N) is 1. The number of methoxy groups -OCH3 is 2. The Labute approximate surface area is 187 Å². The van der Waals surface area contributed by atoms with E-state index in [1.165, 1.54) is 13.2 Å². The number of nitro groups is 1. The van der Waals surface area contributed by atoms with Crippen LogP contribution >= 0.6 is 0 Å². The maximum atomic E-state index is 10.8. The zero-order valence-electron chi connectivity index (χ0n) is 18.5. The molecule has 174 valence electrons. The molecule has 0 unspecified atom stereocenters. The van der Waals surface area contributed by atoms with Gasteiger partial charge in [-0.15, -0.1) is 0 Å². The summed E-state index contributed by atoms with van der Waals surface area (Å²) in [6.45, 7) is 6.36. The number of anilines is 3. The first-order valence-corrected chi connectivity index (χ1v) is 10.4. The SMILES string of the molecule is COc1cc(N2CCOCC2)ccc1N.COc1cc(N2CCOCC2)ccc1[N+](=O)[O-]. The molecule has 0 saturated carbocycles. The largest absolute Gasteiger partial charge is 0.495 e. The highest BCUT2D eigenvalue weighted by molar-refractivity contribution is 5.62. The molecule has 4 rings (SSSR count). The van der Waals surface area contributed by atoms with Crippen molar-refractivity contribution in [2.45, 2.75) is 0 Å². The molecule has 0 aromatic heterocycles. The van der Waals surface area contributed by atoms with E-state index >= 15 is 0 Å². The van der Waals surface area contributed by atoms with Crippen LogP contribution in [0.2, 0.25) is 0 Å². The average Bonchev–Trinajstić information content (AvgIpc) is 2.85. The summed E-state index contributed by atoms with van der Waals surface area (Å²) in [5.41, 5.74) is 8.50. The van der Waals surface area contributed by atoms with Crippen LogP contribution < -0.4 is 25.0 Å². The van der Waals surface area contributed by atoms with E-state index in [1.54, 1.807) is 19.2 Å². The Morgan fingerprint density at radius 2 is 1.31 bits per heavy atom. The van der Waals surface area contributed by atoms with Crippen molar-refractivity contribution in [3.8, 4) is 11.5 Å². The number of nitro benzene ring substituents is 1. The highest BCUT2D eigenvalue weighted by Crippen LogP contribution is 2.31. The van der Waals surface area contributed by atoms with Crippen LogP contribution in [0.25, 0.3) is 0 Å². The van der Waals surface area contributed by atoms with E-state index in [1.807, 2.05) is 18.2 Å². The molecule has 2 heterocycles. The van der Waals surface area contributed by atoms with E-state index in [-0.39, 0.29) is 5.69 Å². The van der Waals surface area contributed by atoms with Crippen molar-refractivity contribution >= 4 is 22.7 Å². The van der Waals surface area contributed by atoms with Gasteiger partial charge in [-0.25, -0.2) is 0 Å². The molecule has 10 nitrogen and oxygen atoms in total. The number of hydrogen-bond donors (Lipinski definition) is 1. The average molecular weight is 447 g/mol. The molecular formula is C22H30N4O6. The van der Waals surface area contributed by atoms with E-state index in [2.05, 4.69) is 9.80 Å². The maximum Gasteiger partial charge on any atom is 0.311 e. The number of hydrogen-bond acceptors (Lipinski definition) is 9. The van der Waals surface area contributed by atoms with Crippen LogP contribution in [-0.4, -0.2) is 71.7 Å². The molecule has 0 amide bonds. The molecular weight excluding hydrogens is 416 g/mol. The molecule has 2 saturated heterocycles. The fourth-order valence-electron chi connectivity index (χ4n) is 3.55. The summed E-state index contributed by atoms with van der Waals surface area (Å²) in [7, 11) is 3.07. The summed E-state index contributed by atoms with van der Waals surface area (Å²) in [4.78, 5) is 14.7. The molecule has 0 aliphatic carbocycles. The Morgan fingerprint density at radius 1 is 0.844 bits per heavy atom. The van der Waals surface area contributed by atoms with Gasteiger partial charge in [-0.2, -0.15) is 0 Å². The topological polar surface area (TPSA) is 113 Å². The minimum absolute atomic E-state index is 0.00971. The lowest BCUT2D eigenvalue weighted by Gasteiger charge is -2.29. The summed E-state index contributed by atoms with van der Waals surface area (Å²) in [6.07, 6.45) is 0. The molecule has 0 radical (unpaired) electrons. The van der Waals surface area contributed by atoms with Gasteiger partial charge in [0.25, 0.3) is 0 Å². The fraction of sp³-hybridized carbons (Fsp3) is 0.455. The van der Waals surface area contributed by atoms with Gasteiger partial charge in [-0.3, -0.25) is 10.1 Å². The summed E-state index contributed by atoms with van der Waals surface area (Å²) >= 11 is 0. The number of nitrogen functional groups attached to an aromatic ring is 1. The second-order valence-electron chi connectivity index (χ2n) is 7.24. The number of nitrogens with zero attached hydrogens (tertiary/aromatic N) is 3. The van der Waals surface area contributed by atoms with Crippen molar-refractivity contribution in [2.24, 2.45) is 0 Å². The molecule has 2 aromatic rings. The zero-order chi connectivity index (χ0) is 22.9. The molecule has 0 atom stereocenters. The van der Waals surface area contributed by atoms with Crippen LogP contribution in [0.4, 0.5) is 22.7 Å². The van der Waals surface area contributed by atoms with Gasteiger partial charge in [0, 0.05) is 55.8 Å². The fourth-order valence-corrected chi connectivity index (χ4v) is 3.55. The minimum Gasteiger partial charge on any atom is -0.495 e. The van der Waals surface area contributed by atoms with Crippen molar-refractivity contribution in [3.05, 3.63) is 46.5 Å². The lowest BCUT2D eigenvalue weighted by atomic mass is 10.2. The molecule has 2 fully saturated rings.